The number of esters is 1. The SMILES string of the molecule is COC(=O)C(C)OC=Cc1ccccc1. The van der Waals surface area contributed by atoms with Crippen LogP contribution in [0.4, 0.5) is 0 Å². The van der Waals surface area contributed by atoms with Crippen molar-refractivity contribution in [1.82, 2.24) is 0 Å². The molecule has 1 aromatic rings. The molecule has 1 unspecified atom stereocenters. The van der Waals surface area contributed by atoms with Crippen LogP contribution in [0.1, 0.15) is 12.5 Å². The minimum absolute atomic E-state index is 0.382. The van der Waals surface area contributed by atoms with Crippen molar-refractivity contribution < 1.29 is 14.3 Å². The Balaban J connectivity index is 2.43. The van der Waals surface area contributed by atoms with E-state index in [-0.39, 0.29) is 5.97 Å². The minimum Gasteiger partial charge on any atom is -0.487 e. The van der Waals surface area contributed by atoms with Crippen molar-refractivity contribution in [3.8, 4) is 0 Å². The number of methoxy groups -OCH3 is 1. The fraction of sp³-hybridized carbons (Fsp3) is 0.250. The molecule has 0 aliphatic carbocycles. The van der Waals surface area contributed by atoms with Gasteiger partial charge >= 0.3 is 5.97 Å². The summed E-state index contributed by atoms with van der Waals surface area (Å²) in [4.78, 5) is 11.0. The molecule has 0 saturated heterocycles. The van der Waals surface area contributed by atoms with Crippen LogP contribution in [0.5, 0.6) is 0 Å². The van der Waals surface area contributed by atoms with Crippen LogP contribution >= 0.6 is 0 Å². The zero-order valence-corrected chi connectivity index (χ0v) is 8.84. The summed E-state index contributed by atoms with van der Waals surface area (Å²) in [7, 11) is 1.34. The molecule has 0 radical (unpaired) electrons. The van der Waals surface area contributed by atoms with Crippen LogP contribution in [0.3, 0.4) is 0 Å². The summed E-state index contributed by atoms with van der Waals surface area (Å²) in [6.07, 6.45) is 2.71. The molecular formula is C12H14O3. The minimum atomic E-state index is -0.574. The molecule has 3 nitrogen and oxygen atoms in total. The molecule has 0 aliphatic heterocycles. The first-order valence-electron chi connectivity index (χ1n) is 4.69. The lowest BCUT2D eigenvalue weighted by molar-refractivity contribution is -0.149. The van der Waals surface area contributed by atoms with Crippen molar-refractivity contribution in [2.45, 2.75) is 13.0 Å². The Morgan fingerprint density at radius 1 is 1.33 bits per heavy atom. The summed E-state index contributed by atoms with van der Waals surface area (Å²) < 4.78 is 9.66. The highest BCUT2D eigenvalue weighted by atomic mass is 16.6. The maximum absolute atomic E-state index is 11.0. The van der Waals surface area contributed by atoms with Crippen molar-refractivity contribution >= 4 is 12.0 Å². The van der Waals surface area contributed by atoms with Gasteiger partial charge in [-0.15, -0.1) is 0 Å². The van der Waals surface area contributed by atoms with Gasteiger partial charge in [0, 0.05) is 0 Å². The molecule has 1 rings (SSSR count). The molecule has 80 valence electrons. The maximum Gasteiger partial charge on any atom is 0.346 e. The van der Waals surface area contributed by atoms with E-state index in [0.717, 1.165) is 5.56 Å². The lowest BCUT2D eigenvalue weighted by atomic mass is 10.2. The molecule has 0 N–H and O–H groups in total. The Labute approximate surface area is 89.3 Å². The second-order valence-electron chi connectivity index (χ2n) is 3.01. The quantitative estimate of drug-likeness (QED) is 0.559. The first kappa shape index (κ1) is 11.3. The van der Waals surface area contributed by atoms with Crippen LogP contribution in [-0.4, -0.2) is 19.2 Å². The van der Waals surface area contributed by atoms with Crippen molar-refractivity contribution in [2.75, 3.05) is 7.11 Å². The van der Waals surface area contributed by atoms with Gasteiger partial charge in [-0.2, -0.15) is 0 Å². The Morgan fingerprint density at radius 2 is 2.00 bits per heavy atom. The molecule has 0 aliphatic rings. The molecule has 3 heteroatoms. The Morgan fingerprint density at radius 3 is 2.60 bits per heavy atom. The second kappa shape index (κ2) is 5.86. The van der Waals surface area contributed by atoms with Crippen LogP contribution in [-0.2, 0) is 14.3 Å². The summed E-state index contributed by atoms with van der Waals surface area (Å²) in [5, 5.41) is 0. The van der Waals surface area contributed by atoms with Crippen molar-refractivity contribution in [3.63, 3.8) is 0 Å². The highest BCUT2D eigenvalue weighted by Gasteiger charge is 2.11. The van der Waals surface area contributed by atoms with Crippen LogP contribution < -0.4 is 0 Å². The molecular weight excluding hydrogens is 192 g/mol. The lowest BCUT2D eigenvalue weighted by Crippen LogP contribution is -2.19. The van der Waals surface area contributed by atoms with Crippen molar-refractivity contribution in [2.24, 2.45) is 0 Å². The van der Waals surface area contributed by atoms with E-state index in [4.69, 9.17) is 4.74 Å². The number of benzene rings is 1. The summed E-state index contributed by atoms with van der Waals surface area (Å²) in [5.41, 5.74) is 1.02. The fourth-order valence-electron chi connectivity index (χ4n) is 1.02. The van der Waals surface area contributed by atoms with E-state index < -0.39 is 6.10 Å². The van der Waals surface area contributed by atoms with Gasteiger partial charge in [0.05, 0.1) is 13.4 Å². The van der Waals surface area contributed by atoms with Crippen LogP contribution in [0.25, 0.3) is 6.08 Å². The van der Waals surface area contributed by atoms with Crippen LogP contribution in [0.15, 0.2) is 36.6 Å². The Bertz CT molecular complexity index is 330. The number of carbonyl (C=O) groups excluding carboxylic acids is 1. The normalized spacial score (nSPS) is 12.4. The average molecular weight is 206 g/mol. The van der Waals surface area contributed by atoms with Crippen molar-refractivity contribution in [1.29, 1.82) is 0 Å². The molecule has 0 fully saturated rings. The zero-order valence-electron chi connectivity index (χ0n) is 8.84. The Hall–Kier alpha value is -1.77. The van der Waals surface area contributed by atoms with Gasteiger partial charge in [0.15, 0.2) is 6.10 Å². The van der Waals surface area contributed by atoms with Crippen molar-refractivity contribution in [3.05, 3.63) is 42.2 Å². The number of rotatable bonds is 4. The molecule has 0 heterocycles. The second-order valence-corrected chi connectivity index (χ2v) is 3.01. The van der Waals surface area contributed by atoms with Gasteiger partial charge in [-0.05, 0) is 18.6 Å². The molecule has 0 spiro atoms. The molecule has 0 saturated carbocycles. The third kappa shape index (κ3) is 3.85. The summed E-state index contributed by atoms with van der Waals surface area (Å²) in [6.45, 7) is 1.64. The zero-order chi connectivity index (χ0) is 11.1. The van der Waals surface area contributed by atoms with E-state index in [1.54, 1.807) is 13.0 Å². The van der Waals surface area contributed by atoms with Gasteiger partial charge in [-0.25, -0.2) is 4.79 Å². The number of hydrogen-bond acceptors (Lipinski definition) is 3. The predicted molar refractivity (Wildman–Crippen MR) is 58.0 cm³/mol. The van der Waals surface area contributed by atoms with E-state index in [1.807, 2.05) is 30.3 Å². The molecule has 0 amide bonds. The number of hydrogen-bond donors (Lipinski definition) is 0. The van der Waals surface area contributed by atoms with E-state index in [1.165, 1.54) is 13.4 Å². The number of carbonyl (C=O) groups is 1. The fourth-order valence-corrected chi connectivity index (χ4v) is 1.02. The number of ether oxygens (including phenoxy) is 2. The van der Waals surface area contributed by atoms with Gasteiger partial charge in [0.2, 0.25) is 0 Å². The van der Waals surface area contributed by atoms with Crippen LogP contribution in [0, 0.1) is 0 Å². The standard InChI is InChI=1S/C12H14O3/c1-10(12(13)14-2)15-9-8-11-6-4-3-5-7-11/h3-10H,1-2H3. The molecule has 0 bridgehead atoms. The topological polar surface area (TPSA) is 35.5 Å². The average Bonchev–Trinajstić information content (AvgIpc) is 2.29. The van der Waals surface area contributed by atoms with E-state index in [9.17, 15) is 4.79 Å². The molecule has 1 atom stereocenters. The first-order chi connectivity index (χ1) is 7.24. The van der Waals surface area contributed by atoms with Gasteiger partial charge in [0.25, 0.3) is 0 Å². The smallest absolute Gasteiger partial charge is 0.346 e. The third-order valence-electron chi connectivity index (χ3n) is 1.88. The van der Waals surface area contributed by atoms with Crippen LogP contribution in [0.2, 0.25) is 0 Å². The van der Waals surface area contributed by atoms with Gasteiger partial charge < -0.3 is 9.47 Å². The lowest BCUT2D eigenvalue weighted by Gasteiger charge is -2.07. The van der Waals surface area contributed by atoms with E-state index in [2.05, 4.69) is 4.74 Å². The predicted octanol–water partition coefficient (Wildman–Crippen LogP) is 2.24. The van der Waals surface area contributed by atoms with Gasteiger partial charge in [0.1, 0.15) is 0 Å². The highest BCUT2D eigenvalue weighted by Crippen LogP contribution is 2.02. The summed E-state index contributed by atoms with van der Waals surface area (Å²) >= 11 is 0. The van der Waals surface area contributed by atoms with Gasteiger partial charge in [-0.3, -0.25) is 0 Å². The first-order valence-corrected chi connectivity index (χ1v) is 4.69. The van der Waals surface area contributed by atoms with E-state index in [0.29, 0.717) is 0 Å². The largest absolute Gasteiger partial charge is 0.487 e. The third-order valence-corrected chi connectivity index (χ3v) is 1.88. The highest BCUT2D eigenvalue weighted by molar-refractivity contribution is 5.74. The summed E-state index contributed by atoms with van der Waals surface area (Å²) in [5.74, 6) is -0.382. The van der Waals surface area contributed by atoms with E-state index >= 15 is 0 Å². The monoisotopic (exact) mass is 206 g/mol. The molecule has 1 aromatic carbocycles. The Kier molecular flexibility index (Phi) is 4.41. The maximum atomic E-state index is 11.0. The van der Waals surface area contributed by atoms with Gasteiger partial charge in [-0.1, -0.05) is 30.3 Å². The molecule has 15 heavy (non-hydrogen) atoms. The molecule has 0 aromatic heterocycles. The summed E-state index contributed by atoms with van der Waals surface area (Å²) in [6, 6.07) is 9.70.